The number of ether oxygens (including phenoxy) is 1. The molecular formula is C23H21F2NO2S. The number of hydrogen-bond acceptors (Lipinski definition) is 3. The minimum absolute atomic E-state index is 0.326. The van der Waals surface area contributed by atoms with Crippen LogP contribution in [0.4, 0.5) is 14.5 Å². The third-order valence-electron chi connectivity index (χ3n) is 4.44. The van der Waals surface area contributed by atoms with Crippen LogP contribution in [0, 0.1) is 12.7 Å². The Morgan fingerprint density at radius 2 is 1.83 bits per heavy atom. The fraction of sp³-hybridized carbons (Fsp3) is 0.174. The van der Waals surface area contributed by atoms with E-state index in [0.29, 0.717) is 33.0 Å². The van der Waals surface area contributed by atoms with E-state index in [1.807, 2.05) is 24.3 Å². The van der Waals surface area contributed by atoms with Crippen LogP contribution in [0.15, 0.2) is 65.6 Å². The summed E-state index contributed by atoms with van der Waals surface area (Å²) in [6.07, 6.45) is 0. The Balaban J connectivity index is 1.74. The molecule has 0 aliphatic heterocycles. The lowest BCUT2D eigenvalue weighted by Crippen LogP contribution is -2.12. The Morgan fingerprint density at radius 1 is 1.07 bits per heavy atom. The highest BCUT2D eigenvalue weighted by Gasteiger charge is 2.12. The SMILES string of the molecule is COc1ccc(CSc2cc(C(=O)Nc3ccc(F)c(C)c3)ccc2CF)cc1. The number of benzene rings is 3. The van der Waals surface area contributed by atoms with Crippen molar-refractivity contribution in [3.63, 3.8) is 0 Å². The van der Waals surface area contributed by atoms with Gasteiger partial charge in [0.1, 0.15) is 18.2 Å². The van der Waals surface area contributed by atoms with Gasteiger partial charge in [-0.2, -0.15) is 0 Å². The molecule has 0 saturated heterocycles. The van der Waals surface area contributed by atoms with E-state index in [4.69, 9.17) is 4.74 Å². The fourth-order valence-corrected chi connectivity index (χ4v) is 3.78. The first-order valence-corrected chi connectivity index (χ1v) is 10.0. The van der Waals surface area contributed by atoms with E-state index in [-0.39, 0.29) is 11.7 Å². The lowest BCUT2D eigenvalue weighted by atomic mass is 10.1. The highest BCUT2D eigenvalue weighted by Crippen LogP contribution is 2.29. The number of anilines is 1. The van der Waals surface area contributed by atoms with Crippen LogP contribution in [-0.4, -0.2) is 13.0 Å². The first-order chi connectivity index (χ1) is 14.0. The number of hydrogen-bond donors (Lipinski definition) is 1. The van der Waals surface area contributed by atoms with Gasteiger partial charge in [-0.05, 0) is 66.1 Å². The summed E-state index contributed by atoms with van der Waals surface area (Å²) >= 11 is 1.47. The smallest absolute Gasteiger partial charge is 0.255 e. The van der Waals surface area contributed by atoms with Gasteiger partial charge in [-0.25, -0.2) is 8.78 Å². The van der Waals surface area contributed by atoms with Gasteiger partial charge in [-0.3, -0.25) is 4.79 Å². The number of halogens is 2. The van der Waals surface area contributed by atoms with Crippen LogP contribution in [0.25, 0.3) is 0 Å². The van der Waals surface area contributed by atoms with Crippen LogP contribution in [0.3, 0.4) is 0 Å². The van der Waals surface area contributed by atoms with Crippen molar-refractivity contribution in [2.45, 2.75) is 24.2 Å². The average Bonchev–Trinajstić information content (AvgIpc) is 2.75. The molecule has 0 fully saturated rings. The molecule has 3 rings (SSSR count). The molecular weight excluding hydrogens is 392 g/mol. The zero-order chi connectivity index (χ0) is 20.8. The number of alkyl halides is 1. The maximum absolute atomic E-state index is 13.4. The Morgan fingerprint density at radius 3 is 2.48 bits per heavy atom. The van der Waals surface area contributed by atoms with Crippen molar-refractivity contribution in [1.82, 2.24) is 0 Å². The van der Waals surface area contributed by atoms with Gasteiger partial charge in [0.05, 0.1) is 7.11 Å². The van der Waals surface area contributed by atoms with Crippen molar-refractivity contribution < 1.29 is 18.3 Å². The third kappa shape index (κ3) is 5.35. The Hall–Kier alpha value is -2.86. The van der Waals surface area contributed by atoms with E-state index in [0.717, 1.165) is 11.3 Å². The summed E-state index contributed by atoms with van der Waals surface area (Å²) in [6.45, 7) is 1.03. The van der Waals surface area contributed by atoms with Crippen molar-refractivity contribution >= 4 is 23.4 Å². The molecule has 0 radical (unpaired) electrons. The second kappa shape index (κ2) is 9.56. The molecule has 3 aromatic carbocycles. The zero-order valence-corrected chi connectivity index (χ0v) is 17.0. The van der Waals surface area contributed by atoms with E-state index >= 15 is 0 Å². The summed E-state index contributed by atoms with van der Waals surface area (Å²) in [7, 11) is 1.61. The number of carbonyl (C=O) groups is 1. The molecule has 0 spiro atoms. The molecule has 0 saturated carbocycles. The van der Waals surface area contributed by atoms with Crippen molar-refractivity contribution in [3.05, 3.63) is 88.7 Å². The molecule has 0 heterocycles. The summed E-state index contributed by atoms with van der Waals surface area (Å²) in [6, 6.07) is 17.0. The molecule has 0 atom stereocenters. The first kappa shape index (κ1) is 20.9. The van der Waals surface area contributed by atoms with Gasteiger partial charge in [0, 0.05) is 21.9 Å². The van der Waals surface area contributed by atoms with Crippen LogP contribution in [0.1, 0.15) is 27.0 Å². The van der Waals surface area contributed by atoms with Crippen molar-refractivity contribution in [3.8, 4) is 5.75 Å². The number of methoxy groups -OCH3 is 1. The molecule has 150 valence electrons. The molecule has 1 amide bonds. The van der Waals surface area contributed by atoms with Gasteiger partial charge in [0.15, 0.2) is 0 Å². The maximum atomic E-state index is 13.4. The second-order valence-corrected chi connectivity index (χ2v) is 7.53. The minimum atomic E-state index is -0.607. The topological polar surface area (TPSA) is 38.3 Å². The normalized spacial score (nSPS) is 10.6. The molecule has 0 aliphatic carbocycles. The summed E-state index contributed by atoms with van der Waals surface area (Å²) in [5, 5.41) is 2.75. The first-order valence-electron chi connectivity index (χ1n) is 9.02. The molecule has 0 bridgehead atoms. The maximum Gasteiger partial charge on any atom is 0.255 e. The predicted octanol–water partition coefficient (Wildman–Crippen LogP) is 6.16. The molecule has 3 nitrogen and oxygen atoms in total. The monoisotopic (exact) mass is 413 g/mol. The molecule has 6 heteroatoms. The molecule has 3 aromatic rings. The van der Waals surface area contributed by atoms with Gasteiger partial charge < -0.3 is 10.1 Å². The van der Waals surface area contributed by atoms with Crippen LogP contribution in [0.2, 0.25) is 0 Å². The minimum Gasteiger partial charge on any atom is -0.497 e. The number of amides is 1. The van der Waals surface area contributed by atoms with E-state index in [2.05, 4.69) is 5.32 Å². The highest BCUT2D eigenvalue weighted by molar-refractivity contribution is 7.98. The molecule has 29 heavy (non-hydrogen) atoms. The summed E-state index contributed by atoms with van der Waals surface area (Å²) in [4.78, 5) is 13.3. The quantitative estimate of drug-likeness (QED) is 0.472. The third-order valence-corrected chi connectivity index (χ3v) is 5.61. The number of aryl methyl sites for hydroxylation is 1. The Bertz CT molecular complexity index is 1010. The van der Waals surface area contributed by atoms with Crippen LogP contribution < -0.4 is 10.1 Å². The predicted molar refractivity (Wildman–Crippen MR) is 113 cm³/mol. The second-order valence-electron chi connectivity index (χ2n) is 6.51. The standard InChI is InChI=1S/C23H21F2NO2S/c1-15-11-19(7-10-21(15)25)26-23(27)17-5-6-18(13-24)22(12-17)29-14-16-3-8-20(28-2)9-4-16/h3-12H,13-14H2,1-2H3,(H,26,27). The highest BCUT2D eigenvalue weighted by atomic mass is 32.2. The van der Waals surface area contributed by atoms with E-state index in [9.17, 15) is 13.6 Å². The van der Waals surface area contributed by atoms with Crippen LogP contribution in [-0.2, 0) is 12.4 Å². The van der Waals surface area contributed by atoms with Crippen LogP contribution in [0.5, 0.6) is 5.75 Å². The summed E-state index contributed by atoms with van der Waals surface area (Å²) in [5.41, 5.74) is 2.98. The lowest BCUT2D eigenvalue weighted by Gasteiger charge is -2.11. The lowest BCUT2D eigenvalue weighted by molar-refractivity contribution is 0.102. The van der Waals surface area contributed by atoms with Gasteiger partial charge in [-0.15, -0.1) is 11.8 Å². The Labute approximate surface area is 173 Å². The number of nitrogens with one attached hydrogen (secondary N) is 1. The summed E-state index contributed by atoms with van der Waals surface area (Å²) < 4.78 is 32.0. The molecule has 0 aliphatic rings. The molecule has 1 N–H and O–H groups in total. The Kier molecular flexibility index (Phi) is 6.88. The summed E-state index contributed by atoms with van der Waals surface area (Å²) in [5.74, 6) is 0.761. The number of thioether (sulfide) groups is 1. The van der Waals surface area contributed by atoms with Gasteiger partial charge in [-0.1, -0.05) is 18.2 Å². The van der Waals surface area contributed by atoms with Crippen molar-refractivity contribution in [1.29, 1.82) is 0 Å². The van der Waals surface area contributed by atoms with E-state index in [1.54, 1.807) is 38.3 Å². The average molecular weight is 413 g/mol. The fourth-order valence-electron chi connectivity index (χ4n) is 2.75. The van der Waals surface area contributed by atoms with E-state index in [1.165, 1.54) is 23.9 Å². The molecule has 0 aromatic heterocycles. The van der Waals surface area contributed by atoms with Gasteiger partial charge >= 0.3 is 0 Å². The van der Waals surface area contributed by atoms with Crippen molar-refractivity contribution in [2.24, 2.45) is 0 Å². The van der Waals surface area contributed by atoms with Crippen molar-refractivity contribution in [2.75, 3.05) is 12.4 Å². The van der Waals surface area contributed by atoms with E-state index < -0.39 is 6.67 Å². The largest absolute Gasteiger partial charge is 0.497 e. The van der Waals surface area contributed by atoms with Crippen LogP contribution >= 0.6 is 11.8 Å². The van der Waals surface area contributed by atoms with Gasteiger partial charge in [0.2, 0.25) is 0 Å². The number of rotatable bonds is 7. The van der Waals surface area contributed by atoms with Gasteiger partial charge in [0.25, 0.3) is 5.91 Å². The zero-order valence-electron chi connectivity index (χ0n) is 16.2. The number of carbonyl (C=O) groups excluding carboxylic acids is 1. The molecule has 0 unspecified atom stereocenters.